The molecule has 0 amide bonds. The average Bonchev–Trinajstić information content (AvgIpc) is 2.92. The third-order valence-corrected chi connectivity index (χ3v) is 3.27. The van der Waals surface area contributed by atoms with Crippen molar-refractivity contribution in [3.8, 4) is 11.5 Å². The van der Waals surface area contributed by atoms with E-state index in [1.165, 1.54) is 12.1 Å². The van der Waals surface area contributed by atoms with Crippen LogP contribution >= 0.6 is 0 Å². The summed E-state index contributed by atoms with van der Waals surface area (Å²) in [5, 5.41) is 14.8. The summed E-state index contributed by atoms with van der Waals surface area (Å²) in [6.45, 7) is 1.95. The summed E-state index contributed by atoms with van der Waals surface area (Å²) in [5.41, 5.74) is 2.19. The number of rotatable bonds is 3. The van der Waals surface area contributed by atoms with Crippen LogP contribution in [0, 0.1) is 17.0 Å². The zero-order valence-corrected chi connectivity index (χ0v) is 11.6. The molecule has 0 saturated heterocycles. The summed E-state index contributed by atoms with van der Waals surface area (Å²) in [5.74, 6) is 0.941. The summed E-state index contributed by atoms with van der Waals surface area (Å²) in [7, 11) is 1.67. The third kappa shape index (κ3) is 2.31. The first-order valence-electron chi connectivity index (χ1n) is 6.42. The molecule has 0 unspecified atom stereocenters. The van der Waals surface area contributed by atoms with Crippen molar-refractivity contribution in [3.05, 3.63) is 52.1 Å². The van der Waals surface area contributed by atoms with Crippen molar-refractivity contribution in [2.24, 2.45) is 0 Å². The first-order valence-corrected chi connectivity index (χ1v) is 6.42. The summed E-state index contributed by atoms with van der Waals surface area (Å²) < 4.78 is 5.81. The van der Waals surface area contributed by atoms with Crippen LogP contribution < -0.4 is 5.32 Å². The monoisotopic (exact) mass is 283 g/mol. The van der Waals surface area contributed by atoms with E-state index in [-0.39, 0.29) is 5.69 Å². The van der Waals surface area contributed by atoms with E-state index in [4.69, 9.17) is 4.42 Å². The molecule has 0 aliphatic carbocycles. The number of hydrogen-bond acceptors (Lipinski definition) is 5. The molecule has 0 saturated carbocycles. The van der Waals surface area contributed by atoms with Gasteiger partial charge in [-0.1, -0.05) is 18.2 Å². The molecule has 3 rings (SSSR count). The quantitative estimate of drug-likeness (QED) is 0.584. The molecular formula is C15H13N3O3. The van der Waals surface area contributed by atoms with Crippen molar-refractivity contribution in [2.45, 2.75) is 6.92 Å². The summed E-state index contributed by atoms with van der Waals surface area (Å²) in [6, 6.07) is 10.5. The second kappa shape index (κ2) is 4.90. The highest BCUT2D eigenvalue weighted by Gasteiger charge is 2.15. The number of nitrogens with zero attached hydrogens (tertiary/aromatic N) is 2. The summed E-state index contributed by atoms with van der Waals surface area (Å²) in [4.78, 5) is 14.9. The lowest BCUT2D eigenvalue weighted by atomic mass is 10.1. The Kier molecular flexibility index (Phi) is 3.06. The lowest BCUT2D eigenvalue weighted by Crippen LogP contribution is -1.97. The molecule has 1 N–H and O–H groups in total. The van der Waals surface area contributed by atoms with Crippen molar-refractivity contribution in [1.29, 1.82) is 0 Å². The second-order valence-corrected chi connectivity index (χ2v) is 4.71. The Hall–Kier alpha value is -2.89. The van der Waals surface area contributed by atoms with E-state index < -0.39 is 4.92 Å². The molecule has 0 aliphatic rings. The third-order valence-electron chi connectivity index (χ3n) is 3.27. The van der Waals surface area contributed by atoms with E-state index in [0.717, 1.165) is 16.5 Å². The Balaban J connectivity index is 2.19. The fourth-order valence-electron chi connectivity index (χ4n) is 2.21. The molecule has 106 valence electrons. The minimum absolute atomic E-state index is 0.0264. The molecule has 1 aromatic carbocycles. The molecule has 3 aromatic rings. The number of nitrogens with one attached hydrogen (secondary N) is 1. The minimum atomic E-state index is -0.445. The Morgan fingerprint density at radius 2 is 2.10 bits per heavy atom. The number of aryl methyl sites for hydroxylation is 1. The van der Waals surface area contributed by atoms with Crippen LogP contribution in [-0.4, -0.2) is 17.0 Å². The largest absolute Gasteiger partial charge is 0.454 e. The normalized spacial score (nSPS) is 10.8. The van der Waals surface area contributed by atoms with Gasteiger partial charge in [0.2, 0.25) is 0 Å². The van der Waals surface area contributed by atoms with Gasteiger partial charge in [-0.05, 0) is 18.6 Å². The Morgan fingerprint density at radius 3 is 2.76 bits per heavy atom. The number of anilines is 1. The van der Waals surface area contributed by atoms with Gasteiger partial charge in [-0.15, -0.1) is 0 Å². The van der Waals surface area contributed by atoms with Gasteiger partial charge < -0.3 is 9.73 Å². The maximum Gasteiger partial charge on any atom is 0.275 e. The molecule has 0 aliphatic heterocycles. The number of furan rings is 1. The van der Waals surface area contributed by atoms with Gasteiger partial charge in [0, 0.05) is 18.5 Å². The summed E-state index contributed by atoms with van der Waals surface area (Å²) >= 11 is 0. The average molecular weight is 283 g/mol. The highest BCUT2D eigenvalue weighted by Crippen LogP contribution is 2.31. The van der Waals surface area contributed by atoms with Gasteiger partial charge in [-0.2, -0.15) is 0 Å². The van der Waals surface area contributed by atoms with E-state index in [1.807, 2.05) is 31.2 Å². The van der Waals surface area contributed by atoms with Crippen LogP contribution in [-0.2, 0) is 0 Å². The minimum Gasteiger partial charge on any atom is -0.454 e. The fourth-order valence-corrected chi connectivity index (χ4v) is 2.21. The van der Waals surface area contributed by atoms with Crippen molar-refractivity contribution in [3.63, 3.8) is 0 Å². The maximum atomic E-state index is 11.0. The molecule has 21 heavy (non-hydrogen) atoms. The molecule has 6 nitrogen and oxygen atoms in total. The first-order chi connectivity index (χ1) is 10.1. The van der Waals surface area contributed by atoms with Gasteiger partial charge in [0.1, 0.15) is 17.1 Å². The number of para-hydroxylation sites is 1. The van der Waals surface area contributed by atoms with Crippen LogP contribution in [0.3, 0.4) is 0 Å². The lowest BCUT2D eigenvalue weighted by Gasteiger charge is -2.02. The predicted octanol–water partition coefficient (Wildman–Crippen LogP) is 3.75. The van der Waals surface area contributed by atoms with Crippen LogP contribution in [0.4, 0.5) is 11.5 Å². The van der Waals surface area contributed by atoms with E-state index in [1.54, 1.807) is 7.05 Å². The molecule has 0 radical (unpaired) electrons. The molecule has 0 fully saturated rings. The van der Waals surface area contributed by atoms with Crippen LogP contribution in [0.1, 0.15) is 5.56 Å². The molecule has 6 heteroatoms. The van der Waals surface area contributed by atoms with Gasteiger partial charge >= 0.3 is 0 Å². The van der Waals surface area contributed by atoms with Crippen LogP contribution in [0.25, 0.3) is 22.4 Å². The Bertz CT molecular complexity index is 839. The maximum absolute atomic E-state index is 11.0. The van der Waals surface area contributed by atoms with Gasteiger partial charge in [-0.3, -0.25) is 10.1 Å². The predicted molar refractivity (Wildman–Crippen MR) is 80.4 cm³/mol. The molecule has 0 bridgehead atoms. The molecule has 2 aromatic heterocycles. The highest BCUT2D eigenvalue weighted by atomic mass is 16.6. The zero-order valence-electron chi connectivity index (χ0n) is 11.6. The van der Waals surface area contributed by atoms with E-state index in [9.17, 15) is 10.1 Å². The van der Waals surface area contributed by atoms with Gasteiger partial charge in [0.05, 0.1) is 11.0 Å². The van der Waals surface area contributed by atoms with Gasteiger partial charge in [0.25, 0.3) is 5.69 Å². The number of fused-ring (bicyclic) bond motifs is 1. The Morgan fingerprint density at radius 1 is 1.29 bits per heavy atom. The number of pyridine rings is 1. The van der Waals surface area contributed by atoms with E-state index in [2.05, 4.69) is 10.3 Å². The standard InChI is InChI=1S/C15H13N3O3/c1-9-4-3-5-10-6-13(21-15(9)10)12-7-11(18(19)20)8-14(16-2)17-12/h3-8H,1-2H3,(H,16,17). The SMILES string of the molecule is CNc1cc([N+](=O)[O-])cc(-c2cc3cccc(C)c3o2)n1. The number of benzene rings is 1. The second-order valence-electron chi connectivity index (χ2n) is 4.71. The highest BCUT2D eigenvalue weighted by molar-refractivity contribution is 5.85. The first kappa shape index (κ1) is 13.1. The number of nitro groups is 1. The molecule has 0 atom stereocenters. The lowest BCUT2D eigenvalue weighted by molar-refractivity contribution is -0.384. The van der Waals surface area contributed by atoms with E-state index >= 15 is 0 Å². The van der Waals surface area contributed by atoms with Crippen LogP contribution in [0.15, 0.2) is 40.8 Å². The molecular weight excluding hydrogens is 270 g/mol. The molecule has 2 heterocycles. The van der Waals surface area contributed by atoms with Gasteiger partial charge in [-0.25, -0.2) is 4.98 Å². The van der Waals surface area contributed by atoms with Crippen molar-refractivity contribution in [1.82, 2.24) is 4.98 Å². The summed E-state index contributed by atoms with van der Waals surface area (Å²) in [6.07, 6.45) is 0. The topological polar surface area (TPSA) is 81.2 Å². The number of aromatic nitrogens is 1. The van der Waals surface area contributed by atoms with Crippen molar-refractivity contribution in [2.75, 3.05) is 12.4 Å². The zero-order chi connectivity index (χ0) is 15.0. The smallest absolute Gasteiger partial charge is 0.275 e. The van der Waals surface area contributed by atoms with Crippen molar-refractivity contribution < 1.29 is 9.34 Å². The molecule has 0 spiro atoms. The van der Waals surface area contributed by atoms with Crippen LogP contribution in [0.2, 0.25) is 0 Å². The van der Waals surface area contributed by atoms with Crippen LogP contribution in [0.5, 0.6) is 0 Å². The van der Waals surface area contributed by atoms with Gasteiger partial charge in [0.15, 0.2) is 5.76 Å². The fraction of sp³-hybridized carbons (Fsp3) is 0.133. The van der Waals surface area contributed by atoms with Crippen molar-refractivity contribution >= 4 is 22.5 Å². The Labute approximate surface area is 120 Å². The number of hydrogen-bond donors (Lipinski definition) is 1. The van der Waals surface area contributed by atoms with E-state index in [0.29, 0.717) is 17.3 Å².